The first-order valence-electron chi connectivity index (χ1n) is 5.12. The Morgan fingerprint density at radius 2 is 2.06 bits per heavy atom. The van der Waals surface area contributed by atoms with Crippen molar-refractivity contribution in [2.45, 2.75) is 13.5 Å². The van der Waals surface area contributed by atoms with Crippen molar-refractivity contribution in [3.8, 4) is 0 Å². The van der Waals surface area contributed by atoms with E-state index in [0.29, 0.717) is 17.0 Å². The highest BCUT2D eigenvalue weighted by Gasteiger charge is 2.16. The molecule has 0 bridgehead atoms. The van der Waals surface area contributed by atoms with E-state index < -0.39 is 0 Å². The fourth-order valence-electron chi connectivity index (χ4n) is 1.48. The predicted molar refractivity (Wildman–Crippen MR) is 65.7 cm³/mol. The van der Waals surface area contributed by atoms with Gasteiger partial charge in [0.1, 0.15) is 11.5 Å². The number of hydrogen-bond donors (Lipinski definition) is 0. The van der Waals surface area contributed by atoms with E-state index in [2.05, 4.69) is 15.9 Å². The van der Waals surface area contributed by atoms with Crippen LogP contribution in [0.5, 0.6) is 0 Å². The molecular formula is C12H12BrNO3. The van der Waals surface area contributed by atoms with E-state index >= 15 is 0 Å². The number of furan rings is 2. The van der Waals surface area contributed by atoms with Crippen LogP contribution >= 0.6 is 15.9 Å². The number of nitrogens with zero attached hydrogens (tertiary/aromatic N) is 1. The zero-order chi connectivity index (χ0) is 12.4. The van der Waals surface area contributed by atoms with Gasteiger partial charge in [-0.05, 0) is 47.1 Å². The Kier molecular flexibility index (Phi) is 3.38. The SMILES string of the molecule is Cc1ccc(C(=O)N(C)Cc2ccc(Br)o2)o1. The van der Waals surface area contributed by atoms with Crippen molar-refractivity contribution < 1.29 is 13.6 Å². The summed E-state index contributed by atoms with van der Waals surface area (Å²) in [7, 11) is 1.70. The molecule has 0 aliphatic rings. The average molecular weight is 298 g/mol. The highest BCUT2D eigenvalue weighted by atomic mass is 79.9. The normalized spacial score (nSPS) is 10.5. The number of halogens is 1. The first-order chi connectivity index (χ1) is 8.06. The summed E-state index contributed by atoms with van der Waals surface area (Å²) in [5, 5.41) is 0. The monoisotopic (exact) mass is 297 g/mol. The molecule has 0 N–H and O–H groups in total. The quantitative estimate of drug-likeness (QED) is 0.874. The molecular weight excluding hydrogens is 286 g/mol. The maximum absolute atomic E-state index is 11.9. The van der Waals surface area contributed by atoms with Gasteiger partial charge in [0.05, 0.1) is 6.54 Å². The fourth-order valence-corrected chi connectivity index (χ4v) is 1.82. The summed E-state index contributed by atoms with van der Waals surface area (Å²) in [4.78, 5) is 13.5. The Morgan fingerprint density at radius 3 is 2.59 bits per heavy atom. The van der Waals surface area contributed by atoms with Gasteiger partial charge in [0, 0.05) is 7.05 Å². The summed E-state index contributed by atoms with van der Waals surface area (Å²) in [6, 6.07) is 7.06. The molecule has 1 amide bonds. The van der Waals surface area contributed by atoms with Gasteiger partial charge in [0.2, 0.25) is 0 Å². The van der Waals surface area contributed by atoms with Gasteiger partial charge < -0.3 is 13.7 Å². The molecule has 0 fully saturated rings. The number of carbonyl (C=O) groups is 1. The van der Waals surface area contributed by atoms with Crippen LogP contribution in [-0.4, -0.2) is 17.9 Å². The first-order valence-corrected chi connectivity index (χ1v) is 5.91. The van der Waals surface area contributed by atoms with Crippen molar-refractivity contribution in [2.75, 3.05) is 7.05 Å². The molecule has 2 aromatic rings. The van der Waals surface area contributed by atoms with Gasteiger partial charge in [0.15, 0.2) is 10.4 Å². The van der Waals surface area contributed by atoms with Crippen LogP contribution in [0, 0.1) is 6.92 Å². The second kappa shape index (κ2) is 4.79. The minimum absolute atomic E-state index is 0.161. The molecule has 0 unspecified atom stereocenters. The van der Waals surface area contributed by atoms with Crippen LogP contribution in [-0.2, 0) is 6.54 Å². The second-order valence-corrected chi connectivity index (χ2v) is 4.56. The van der Waals surface area contributed by atoms with Crippen LogP contribution in [0.4, 0.5) is 0 Å². The van der Waals surface area contributed by atoms with Crippen molar-refractivity contribution >= 4 is 21.8 Å². The highest BCUT2D eigenvalue weighted by Crippen LogP contribution is 2.16. The second-order valence-electron chi connectivity index (χ2n) is 3.78. The lowest BCUT2D eigenvalue weighted by atomic mass is 10.3. The minimum Gasteiger partial charge on any atom is -0.456 e. The lowest BCUT2D eigenvalue weighted by Gasteiger charge is -2.13. The third-order valence-electron chi connectivity index (χ3n) is 2.32. The van der Waals surface area contributed by atoms with Crippen LogP contribution in [0.3, 0.4) is 0 Å². The van der Waals surface area contributed by atoms with E-state index in [1.165, 1.54) is 0 Å². The van der Waals surface area contributed by atoms with E-state index in [-0.39, 0.29) is 5.91 Å². The van der Waals surface area contributed by atoms with Gasteiger partial charge in [-0.15, -0.1) is 0 Å². The molecule has 0 aliphatic heterocycles. The Balaban J connectivity index is 2.05. The molecule has 0 saturated heterocycles. The summed E-state index contributed by atoms with van der Waals surface area (Å²) in [6.07, 6.45) is 0. The Hall–Kier alpha value is -1.49. The van der Waals surface area contributed by atoms with E-state index in [0.717, 1.165) is 11.5 Å². The van der Waals surface area contributed by atoms with Crippen molar-refractivity contribution in [1.29, 1.82) is 0 Å². The lowest BCUT2D eigenvalue weighted by molar-refractivity contribution is 0.0742. The molecule has 2 aromatic heterocycles. The number of amides is 1. The summed E-state index contributed by atoms with van der Waals surface area (Å²) in [6.45, 7) is 2.21. The van der Waals surface area contributed by atoms with Crippen LogP contribution in [0.15, 0.2) is 37.8 Å². The van der Waals surface area contributed by atoms with E-state index in [1.54, 1.807) is 37.1 Å². The van der Waals surface area contributed by atoms with Crippen LogP contribution in [0.1, 0.15) is 22.1 Å². The molecule has 17 heavy (non-hydrogen) atoms. The van der Waals surface area contributed by atoms with Crippen LogP contribution in [0.25, 0.3) is 0 Å². The van der Waals surface area contributed by atoms with E-state index in [1.807, 2.05) is 6.07 Å². The lowest BCUT2D eigenvalue weighted by Crippen LogP contribution is -2.25. The smallest absolute Gasteiger partial charge is 0.289 e. The molecule has 0 saturated carbocycles. The molecule has 2 heterocycles. The summed E-state index contributed by atoms with van der Waals surface area (Å²) >= 11 is 3.22. The summed E-state index contributed by atoms with van der Waals surface area (Å²) in [5.41, 5.74) is 0. The molecule has 4 nitrogen and oxygen atoms in total. The summed E-state index contributed by atoms with van der Waals surface area (Å²) in [5.74, 6) is 1.62. The topological polar surface area (TPSA) is 46.6 Å². The molecule has 0 spiro atoms. The number of hydrogen-bond acceptors (Lipinski definition) is 3. The summed E-state index contributed by atoms with van der Waals surface area (Å²) < 4.78 is 11.3. The number of aryl methyl sites for hydroxylation is 1. The highest BCUT2D eigenvalue weighted by molar-refractivity contribution is 9.10. The van der Waals surface area contributed by atoms with Gasteiger partial charge in [0.25, 0.3) is 5.91 Å². The van der Waals surface area contributed by atoms with Crippen molar-refractivity contribution in [3.63, 3.8) is 0 Å². The zero-order valence-electron chi connectivity index (χ0n) is 9.57. The maximum Gasteiger partial charge on any atom is 0.289 e. The molecule has 0 radical (unpaired) electrons. The van der Waals surface area contributed by atoms with Gasteiger partial charge >= 0.3 is 0 Å². The fraction of sp³-hybridized carbons (Fsp3) is 0.250. The minimum atomic E-state index is -0.161. The Bertz CT molecular complexity index is 529. The van der Waals surface area contributed by atoms with Crippen molar-refractivity contribution in [3.05, 3.63) is 46.2 Å². The predicted octanol–water partition coefficient (Wildman–Crippen LogP) is 3.22. The number of rotatable bonds is 3. The molecule has 5 heteroatoms. The maximum atomic E-state index is 11.9. The third kappa shape index (κ3) is 2.79. The van der Waals surface area contributed by atoms with Gasteiger partial charge in [-0.25, -0.2) is 0 Å². The first kappa shape index (κ1) is 12.0. The van der Waals surface area contributed by atoms with Crippen LogP contribution in [0.2, 0.25) is 0 Å². The van der Waals surface area contributed by atoms with Gasteiger partial charge in [-0.3, -0.25) is 4.79 Å². The Morgan fingerprint density at radius 1 is 1.29 bits per heavy atom. The van der Waals surface area contributed by atoms with Crippen LogP contribution < -0.4 is 0 Å². The molecule has 2 rings (SSSR count). The molecule has 0 atom stereocenters. The van der Waals surface area contributed by atoms with Gasteiger partial charge in [-0.1, -0.05) is 0 Å². The Labute approximate surface area is 107 Å². The zero-order valence-corrected chi connectivity index (χ0v) is 11.2. The molecule has 0 aliphatic carbocycles. The van der Waals surface area contributed by atoms with E-state index in [9.17, 15) is 4.79 Å². The molecule has 0 aromatic carbocycles. The standard InChI is InChI=1S/C12H12BrNO3/c1-8-3-5-10(16-8)12(15)14(2)7-9-4-6-11(13)17-9/h3-6H,7H2,1-2H3. The third-order valence-corrected chi connectivity index (χ3v) is 2.75. The van der Waals surface area contributed by atoms with Gasteiger partial charge in [-0.2, -0.15) is 0 Å². The average Bonchev–Trinajstić information content (AvgIpc) is 2.87. The van der Waals surface area contributed by atoms with Crippen molar-refractivity contribution in [1.82, 2.24) is 4.90 Å². The largest absolute Gasteiger partial charge is 0.456 e. The number of carbonyl (C=O) groups excluding carboxylic acids is 1. The van der Waals surface area contributed by atoms with E-state index in [4.69, 9.17) is 8.83 Å². The molecule has 90 valence electrons. The van der Waals surface area contributed by atoms with Crippen molar-refractivity contribution in [2.24, 2.45) is 0 Å².